The van der Waals surface area contributed by atoms with Crippen LogP contribution in [0.15, 0.2) is 18.2 Å². The van der Waals surface area contributed by atoms with Gasteiger partial charge in [0, 0.05) is 18.5 Å². The zero-order chi connectivity index (χ0) is 18.5. The number of nitrogens with one attached hydrogen (secondary N) is 1. The Morgan fingerprint density at radius 2 is 1.88 bits per heavy atom. The largest absolute Gasteiger partial charge is 0.447 e. The SMILES string of the molecule is CCN(C(=O)C1CC2(COC(=O)N2)C1)C1CC(c2cc(C)cc(C)c2)C1. The van der Waals surface area contributed by atoms with E-state index in [0.29, 0.717) is 31.4 Å². The highest BCUT2D eigenvalue weighted by Crippen LogP contribution is 2.45. The zero-order valence-corrected chi connectivity index (χ0v) is 15.9. The molecule has 5 heteroatoms. The maximum atomic E-state index is 12.9. The van der Waals surface area contributed by atoms with E-state index in [1.807, 2.05) is 0 Å². The van der Waals surface area contributed by atoms with Gasteiger partial charge in [-0.25, -0.2) is 4.79 Å². The van der Waals surface area contributed by atoms with E-state index in [9.17, 15) is 9.59 Å². The minimum Gasteiger partial charge on any atom is -0.447 e. The summed E-state index contributed by atoms with van der Waals surface area (Å²) in [5.74, 6) is 0.844. The number of alkyl carbamates (subject to hydrolysis) is 1. The Labute approximate surface area is 155 Å². The average molecular weight is 356 g/mol. The van der Waals surface area contributed by atoms with Gasteiger partial charge < -0.3 is 15.0 Å². The van der Waals surface area contributed by atoms with Gasteiger partial charge in [-0.2, -0.15) is 0 Å². The van der Waals surface area contributed by atoms with E-state index in [-0.39, 0.29) is 23.5 Å². The van der Waals surface area contributed by atoms with E-state index in [1.165, 1.54) is 16.7 Å². The van der Waals surface area contributed by atoms with Crippen LogP contribution in [0.4, 0.5) is 4.79 Å². The molecule has 0 atom stereocenters. The number of cyclic esters (lactones) is 1. The number of aryl methyl sites for hydroxylation is 2. The quantitative estimate of drug-likeness (QED) is 0.901. The fraction of sp³-hybridized carbons (Fsp3) is 0.619. The van der Waals surface area contributed by atoms with Crippen LogP contribution in [-0.2, 0) is 9.53 Å². The normalized spacial score (nSPS) is 32.4. The second kappa shape index (κ2) is 6.29. The van der Waals surface area contributed by atoms with Crippen LogP contribution in [0.25, 0.3) is 0 Å². The Morgan fingerprint density at radius 3 is 2.42 bits per heavy atom. The molecule has 3 aliphatic rings. The van der Waals surface area contributed by atoms with Gasteiger partial charge in [0.05, 0.1) is 5.54 Å². The van der Waals surface area contributed by atoms with Crippen molar-refractivity contribution >= 4 is 12.0 Å². The zero-order valence-electron chi connectivity index (χ0n) is 15.9. The summed E-state index contributed by atoms with van der Waals surface area (Å²) < 4.78 is 5.01. The first-order chi connectivity index (χ1) is 12.4. The van der Waals surface area contributed by atoms with Gasteiger partial charge in [-0.05, 0) is 57.9 Å². The van der Waals surface area contributed by atoms with Gasteiger partial charge >= 0.3 is 6.09 Å². The van der Waals surface area contributed by atoms with Gasteiger partial charge in [0.15, 0.2) is 0 Å². The van der Waals surface area contributed by atoms with E-state index in [1.54, 1.807) is 0 Å². The molecule has 1 spiro atoms. The smallest absolute Gasteiger partial charge is 0.407 e. The Balaban J connectivity index is 1.34. The highest BCUT2D eigenvalue weighted by atomic mass is 16.6. The number of nitrogens with zero attached hydrogens (tertiary/aromatic N) is 1. The van der Waals surface area contributed by atoms with E-state index < -0.39 is 0 Å². The molecule has 0 radical (unpaired) electrons. The van der Waals surface area contributed by atoms with Crippen molar-refractivity contribution in [3.05, 3.63) is 34.9 Å². The maximum Gasteiger partial charge on any atom is 0.407 e. The van der Waals surface area contributed by atoms with Crippen LogP contribution < -0.4 is 5.32 Å². The van der Waals surface area contributed by atoms with Gasteiger partial charge in [-0.3, -0.25) is 4.79 Å². The van der Waals surface area contributed by atoms with E-state index in [2.05, 4.69) is 49.2 Å². The highest BCUT2D eigenvalue weighted by Gasteiger charge is 2.54. The van der Waals surface area contributed by atoms with Gasteiger partial charge in [0.1, 0.15) is 6.61 Å². The van der Waals surface area contributed by atoms with Crippen molar-refractivity contribution in [2.45, 2.75) is 64.0 Å². The third-order valence-electron chi connectivity index (χ3n) is 6.36. The highest BCUT2D eigenvalue weighted by molar-refractivity contribution is 5.82. The number of rotatable bonds is 4. The van der Waals surface area contributed by atoms with E-state index >= 15 is 0 Å². The molecule has 1 aliphatic heterocycles. The molecule has 26 heavy (non-hydrogen) atoms. The number of hydrogen-bond donors (Lipinski definition) is 1. The van der Waals surface area contributed by atoms with Crippen molar-refractivity contribution in [3.63, 3.8) is 0 Å². The lowest BCUT2D eigenvalue weighted by molar-refractivity contribution is -0.145. The lowest BCUT2D eigenvalue weighted by atomic mass is 9.67. The van der Waals surface area contributed by atoms with Crippen molar-refractivity contribution in [3.8, 4) is 0 Å². The fourth-order valence-electron chi connectivity index (χ4n) is 4.96. The lowest BCUT2D eigenvalue weighted by Crippen LogP contribution is -2.60. The van der Waals surface area contributed by atoms with Crippen molar-refractivity contribution in [2.75, 3.05) is 13.2 Å². The van der Waals surface area contributed by atoms with Crippen molar-refractivity contribution in [1.29, 1.82) is 0 Å². The number of carbonyl (C=O) groups is 2. The van der Waals surface area contributed by atoms with E-state index in [0.717, 1.165) is 19.4 Å². The predicted octanol–water partition coefficient (Wildman–Crippen LogP) is 3.29. The first kappa shape index (κ1) is 17.4. The second-order valence-corrected chi connectivity index (χ2v) is 8.45. The molecular formula is C21H28N2O3. The molecule has 3 fully saturated rings. The molecule has 1 aromatic carbocycles. The standard InChI is InChI=1S/C21H28N2O3/c1-4-23(19(24)17-10-21(11-17)12-26-20(25)22-21)18-8-16(9-18)15-6-13(2)5-14(3)7-15/h5-7,16-18H,4,8-12H2,1-3H3,(H,22,25). The van der Waals surface area contributed by atoms with Crippen molar-refractivity contribution in [2.24, 2.45) is 5.92 Å². The second-order valence-electron chi connectivity index (χ2n) is 8.45. The van der Waals surface area contributed by atoms with Crippen LogP contribution in [0, 0.1) is 19.8 Å². The third-order valence-corrected chi connectivity index (χ3v) is 6.36. The molecule has 1 heterocycles. The molecule has 1 N–H and O–H groups in total. The summed E-state index contributed by atoms with van der Waals surface area (Å²) >= 11 is 0. The molecule has 4 rings (SSSR count). The van der Waals surface area contributed by atoms with Crippen LogP contribution in [0.5, 0.6) is 0 Å². The summed E-state index contributed by atoms with van der Waals surface area (Å²) in [7, 11) is 0. The maximum absolute atomic E-state index is 12.9. The Bertz CT molecular complexity index is 713. The number of hydrogen-bond acceptors (Lipinski definition) is 3. The van der Waals surface area contributed by atoms with Crippen LogP contribution in [-0.4, -0.2) is 41.6 Å². The summed E-state index contributed by atoms with van der Waals surface area (Å²) in [5.41, 5.74) is 3.76. The summed E-state index contributed by atoms with van der Waals surface area (Å²) in [6.45, 7) is 7.52. The Morgan fingerprint density at radius 1 is 1.23 bits per heavy atom. The average Bonchev–Trinajstić information content (AvgIpc) is 2.89. The predicted molar refractivity (Wildman–Crippen MR) is 99.0 cm³/mol. The minimum atomic E-state index is -0.349. The summed E-state index contributed by atoms with van der Waals surface area (Å²) in [6, 6.07) is 7.12. The summed E-state index contributed by atoms with van der Waals surface area (Å²) in [5, 5.41) is 2.87. The molecule has 0 bridgehead atoms. The first-order valence-corrected chi connectivity index (χ1v) is 9.73. The van der Waals surface area contributed by atoms with Crippen LogP contribution >= 0.6 is 0 Å². The van der Waals surface area contributed by atoms with Gasteiger partial charge in [0.25, 0.3) is 0 Å². The summed E-state index contributed by atoms with van der Waals surface area (Å²) in [4.78, 5) is 26.3. The number of amides is 2. The molecule has 1 aromatic rings. The van der Waals surface area contributed by atoms with Crippen LogP contribution in [0.1, 0.15) is 55.2 Å². The van der Waals surface area contributed by atoms with Gasteiger partial charge in [-0.1, -0.05) is 29.3 Å². The van der Waals surface area contributed by atoms with Crippen molar-refractivity contribution < 1.29 is 14.3 Å². The molecule has 140 valence electrons. The molecule has 0 unspecified atom stereocenters. The van der Waals surface area contributed by atoms with Gasteiger partial charge in [-0.15, -0.1) is 0 Å². The molecule has 1 saturated heterocycles. The Hall–Kier alpha value is -2.04. The monoisotopic (exact) mass is 356 g/mol. The third kappa shape index (κ3) is 2.97. The fourth-order valence-corrected chi connectivity index (χ4v) is 4.96. The van der Waals surface area contributed by atoms with Gasteiger partial charge in [0.2, 0.25) is 5.91 Å². The van der Waals surface area contributed by atoms with E-state index in [4.69, 9.17) is 4.74 Å². The topological polar surface area (TPSA) is 58.6 Å². The molecule has 5 nitrogen and oxygen atoms in total. The molecule has 2 aliphatic carbocycles. The molecule has 0 aromatic heterocycles. The molecule has 2 saturated carbocycles. The Kier molecular flexibility index (Phi) is 4.20. The number of carbonyl (C=O) groups excluding carboxylic acids is 2. The lowest BCUT2D eigenvalue weighted by Gasteiger charge is -2.48. The summed E-state index contributed by atoms with van der Waals surface area (Å²) in [6.07, 6.45) is 3.18. The minimum absolute atomic E-state index is 0.0252. The van der Waals surface area contributed by atoms with Crippen LogP contribution in [0.2, 0.25) is 0 Å². The first-order valence-electron chi connectivity index (χ1n) is 9.73. The number of ether oxygens (including phenoxy) is 1. The molecular weight excluding hydrogens is 328 g/mol. The number of benzene rings is 1. The molecule has 2 amide bonds. The van der Waals surface area contributed by atoms with Crippen LogP contribution in [0.3, 0.4) is 0 Å². The van der Waals surface area contributed by atoms with Crippen molar-refractivity contribution in [1.82, 2.24) is 10.2 Å².